The smallest absolute Gasteiger partial charge is 0.235 e. The summed E-state index contributed by atoms with van der Waals surface area (Å²) in [6.45, 7) is 3.41. The number of halogens is 1. The van der Waals surface area contributed by atoms with Gasteiger partial charge in [0.2, 0.25) is 18.6 Å². The predicted molar refractivity (Wildman–Crippen MR) is 118 cm³/mol. The normalized spacial score (nSPS) is 15.7. The van der Waals surface area contributed by atoms with Gasteiger partial charge in [0.1, 0.15) is 17.9 Å². The number of anilines is 2. The van der Waals surface area contributed by atoms with Crippen LogP contribution in [-0.2, 0) is 20.8 Å². The number of morpholine rings is 1. The van der Waals surface area contributed by atoms with Crippen molar-refractivity contribution in [2.75, 3.05) is 42.9 Å². The summed E-state index contributed by atoms with van der Waals surface area (Å²) in [5.74, 6) is 1.52. The number of hydrogen-bond acceptors (Lipinski definition) is 7. The number of nitrogens with zero attached hydrogens (tertiary/aromatic N) is 4. The number of ether oxygens (including phenoxy) is 3. The molecule has 0 spiro atoms. The summed E-state index contributed by atoms with van der Waals surface area (Å²) in [4.78, 5) is 13.8. The Kier molecular flexibility index (Phi) is 5.85. The fourth-order valence-electron chi connectivity index (χ4n) is 3.65. The first-order valence-corrected chi connectivity index (χ1v) is 10.5. The summed E-state index contributed by atoms with van der Waals surface area (Å²) in [7, 11) is 0. The summed E-state index contributed by atoms with van der Waals surface area (Å²) < 4.78 is 30.0. The Balaban J connectivity index is 1.59. The Morgan fingerprint density at radius 1 is 0.969 bits per heavy atom. The molecule has 32 heavy (non-hydrogen) atoms. The van der Waals surface area contributed by atoms with E-state index in [0.717, 1.165) is 30.0 Å². The van der Waals surface area contributed by atoms with Gasteiger partial charge in [-0.1, -0.05) is 30.3 Å². The first-order valence-electron chi connectivity index (χ1n) is 10.5. The maximum atomic E-state index is 13.5. The van der Waals surface area contributed by atoms with Crippen LogP contribution in [0.25, 0.3) is 11.3 Å². The Bertz CT molecular complexity index is 1090. The van der Waals surface area contributed by atoms with Crippen molar-refractivity contribution in [2.24, 2.45) is 0 Å². The minimum absolute atomic E-state index is 0.147. The third-order valence-corrected chi connectivity index (χ3v) is 5.33. The van der Waals surface area contributed by atoms with Crippen molar-refractivity contribution in [3.05, 3.63) is 84.2 Å². The molecule has 5 rings (SSSR count). The fourth-order valence-corrected chi connectivity index (χ4v) is 3.65. The van der Waals surface area contributed by atoms with Crippen molar-refractivity contribution < 1.29 is 18.6 Å². The molecule has 0 aliphatic carbocycles. The van der Waals surface area contributed by atoms with Gasteiger partial charge >= 0.3 is 0 Å². The van der Waals surface area contributed by atoms with Gasteiger partial charge in [0.25, 0.3) is 0 Å². The lowest BCUT2D eigenvalue weighted by atomic mass is 10.1. The molecule has 1 saturated heterocycles. The molecule has 2 aliphatic heterocycles. The molecule has 0 saturated carbocycles. The molecule has 0 N–H and O–H groups in total. The number of rotatable bonds is 6. The number of benzene rings is 2. The first kappa shape index (κ1) is 20.3. The fraction of sp³-hybridized carbons (Fsp3) is 0.250. The Morgan fingerprint density at radius 3 is 2.47 bits per heavy atom. The van der Waals surface area contributed by atoms with E-state index in [0.29, 0.717) is 37.3 Å². The van der Waals surface area contributed by atoms with Gasteiger partial charge in [-0.05, 0) is 29.8 Å². The minimum atomic E-state index is -0.288. The number of aromatic nitrogens is 2. The van der Waals surface area contributed by atoms with Crippen LogP contribution in [0.2, 0.25) is 0 Å². The van der Waals surface area contributed by atoms with Crippen LogP contribution in [0.4, 0.5) is 16.2 Å². The highest BCUT2D eigenvalue weighted by Gasteiger charge is 2.24. The zero-order chi connectivity index (χ0) is 21.8. The van der Waals surface area contributed by atoms with E-state index in [1.165, 1.54) is 12.1 Å². The van der Waals surface area contributed by atoms with E-state index in [9.17, 15) is 4.39 Å². The molecule has 3 aromatic rings. The van der Waals surface area contributed by atoms with Crippen molar-refractivity contribution in [2.45, 2.75) is 6.54 Å². The lowest BCUT2D eigenvalue weighted by molar-refractivity contribution is 0.0780. The van der Waals surface area contributed by atoms with Gasteiger partial charge in [0.05, 0.1) is 25.5 Å². The Morgan fingerprint density at radius 2 is 1.75 bits per heavy atom. The van der Waals surface area contributed by atoms with E-state index in [1.807, 2.05) is 41.3 Å². The summed E-state index contributed by atoms with van der Waals surface area (Å²) >= 11 is 0. The predicted octanol–water partition coefficient (Wildman–Crippen LogP) is 3.93. The third-order valence-electron chi connectivity index (χ3n) is 5.33. The lowest BCUT2D eigenvalue weighted by Crippen LogP contribution is -2.37. The SMILES string of the molecule is Fc1ccc(-c2cc(N3CCOCC3)nc(N(Cc3ccccc3)C3=COCO3)n2)cc1. The lowest BCUT2D eigenvalue weighted by Gasteiger charge is -2.29. The van der Waals surface area contributed by atoms with E-state index < -0.39 is 0 Å². The van der Waals surface area contributed by atoms with Crippen LogP contribution in [0.3, 0.4) is 0 Å². The number of hydrogen-bond donors (Lipinski definition) is 0. The zero-order valence-electron chi connectivity index (χ0n) is 17.5. The van der Waals surface area contributed by atoms with Gasteiger partial charge < -0.3 is 19.1 Å². The molecule has 0 radical (unpaired) electrons. The summed E-state index contributed by atoms with van der Waals surface area (Å²) in [5.41, 5.74) is 2.59. The van der Waals surface area contributed by atoms with Crippen LogP contribution < -0.4 is 9.80 Å². The Hall–Kier alpha value is -3.65. The molecule has 2 aromatic carbocycles. The molecule has 1 fully saturated rings. The van der Waals surface area contributed by atoms with Crippen LogP contribution in [0, 0.1) is 5.82 Å². The second-order valence-corrected chi connectivity index (χ2v) is 7.47. The van der Waals surface area contributed by atoms with Gasteiger partial charge in [0, 0.05) is 24.7 Å². The highest BCUT2D eigenvalue weighted by Crippen LogP contribution is 2.29. The molecule has 0 amide bonds. The van der Waals surface area contributed by atoms with Crippen LogP contribution in [-0.4, -0.2) is 43.1 Å². The van der Waals surface area contributed by atoms with Gasteiger partial charge in [-0.15, -0.1) is 0 Å². The second-order valence-electron chi connectivity index (χ2n) is 7.47. The Labute approximate surface area is 185 Å². The summed E-state index contributed by atoms with van der Waals surface area (Å²) in [6, 6.07) is 18.3. The van der Waals surface area contributed by atoms with Gasteiger partial charge in [-0.3, -0.25) is 4.90 Å². The van der Waals surface area contributed by atoms with E-state index >= 15 is 0 Å². The van der Waals surface area contributed by atoms with Crippen molar-refractivity contribution in [3.63, 3.8) is 0 Å². The monoisotopic (exact) mass is 434 g/mol. The highest BCUT2D eigenvalue weighted by atomic mass is 19.1. The topological polar surface area (TPSA) is 60.0 Å². The molecule has 164 valence electrons. The molecule has 8 heteroatoms. The minimum Gasteiger partial charge on any atom is -0.459 e. The van der Waals surface area contributed by atoms with Crippen LogP contribution in [0.1, 0.15) is 5.56 Å². The average Bonchev–Trinajstić information content (AvgIpc) is 3.39. The van der Waals surface area contributed by atoms with Crippen molar-refractivity contribution in [3.8, 4) is 11.3 Å². The molecular weight excluding hydrogens is 411 g/mol. The van der Waals surface area contributed by atoms with E-state index in [2.05, 4.69) is 4.90 Å². The van der Waals surface area contributed by atoms with Crippen LogP contribution in [0.15, 0.2) is 72.8 Å². The van der Waals surface area contributed by atoms with Crippen molar-refractivity contribution in [1.29, 1.82) is 0 Å². The zero-order valence-corrected chi connectivity index (χ0v) is 17.5. The first-order chi connectivity index (χ1) is 15.8. The molecule has 0 bridgehead atoms. The van der Waals surface area contributed by atoms with Gasteiger partial charge in [-0.2, -0.15) is 4.98 Å². The van der Waals surface area contributed by atoms with Crippen LogP contribution >= 0.6 is 0 Å². The largest absolute Gasteiger partial charge is 0.459 e. The highest BCUT2D eigenvalue weighted by molar-refractivity contribution is 5.65. The van der Waals surface area contributed by atoms with Gasteiger partial charge in [-0.25, -0.2) is 9.37 Å². The van der Waals surface area contributed by atoms with E-state index in [-0.39, 0.29) is 12.6 Å². The van der Waals surface area contributed by atoms with Crippen LogP contribution in [0.5, 0.6) is 0 Å². The maximum Gasteiger partial charge on any atom is 0.235 e. The van der Waals surface area contributed by atoms with E-state index in [4.69, 9.17) is 24.2 Å². The van der Waals surface area contributed by atoms with Crippen molar-refractivity contribution in [1.82, 2.24) is 9.97 Å². The average molecular weight is 434 g/mol. The third kappa shape index (κ3) is 4.50. The molecule has 1 aromatic heterocycles. The quantitative estimate of drug-likeness (QED) is 0.583. The summed E-state index contributed by atoms with van der Waals surface area (Å²) in [6.07, 6.45) is 1.57. The summed E-state index contributed by atoms with van der Waals surface area (Å²) in [5, 5.41) is 0. The van der Waals surface area contributed by atoms with E-state index in [1.54, 1.807) is 18.4 Å². The molecule has 3 heterocycles. The van der Waals surface area contributed by atoms with Crippen molar-refractivity contribution >= 4 is 11.8 Å². The molecule has 0 unspecified atom stereocenters. The van der Waals surface area contributed by atoms with Gasteiger partial charge in [0.15, 0.2) is 0 Å². The molecule has 7 nitrogen and oxygen atoms in total. The second kappa shape index (κ2) is 9.23. The molecular formula is C24H23FN4O3. The standard InChI is InChI=1S/C24H23FN4O3/c25-20-8-6-19(7-9-20)21-14-22(28-10-12-30-13-11-28)27-24(26-21)29(23-16-31-17-32-23)15-18-4-2-1-3-5-18/h1-9,14,16H,10-13,15,17H2. The molecule has 0 atom stereocenters. The molecule has 2 aliphatic rings. The maximum absolute atomic E-state index is 13.5.